The molecule has 1 atom stereocenters. The summed E-state index contributed by atoms with van der Waals surface area (Å²) < 4.78 is 0. The summed E-state index contributed by atoms with van der Waals surface area (Å²) >= 11 is 0. The van der Waals surface area contributed by atoms with Gasteiger partial charge in [-0.3, -0.25) is 5.32 Å². The highest BCUT2D eigenvalue weighted by Gasteiger charge is 2.06. The lowest BCUT2D eigenvalue weighted by molar-refractivity contribution is 0.148. The Bertz CT molecular complexity index is 271. The van der Waals surface area contributed by atoms with E-state index in [-0.39, 0.29) is 0 Å². The van der Waals surface area contributed by atoms with Gasteiger partial charge >= 0.3 is 0 Å². The number of aliphatic hydroxyl groups is 1. The van der Waals surface area contributed by atoms with Gasteiger partial charge in [-0.05, 0) is 32.0 Å². The van der Waals surface area contributed by atoms with E-state index in [4.69, 9.17) is 0 Å². The molecule has 0 fully saturated rings. The maximum absolute atomic E-state index is 9.52. The van der Waals surface area contributed by atoms with Crippen LogP contribution in [0, 0.1) is 13.8 Å². The molecule has 0 aliphatic carbocycles. The lowest BCUT2D eigenvalue weighted by Gasteiger charge is -2.12. The van der Waals surface area contributed by atoms with Crippen molar-refractivity contribution in [1.29, 1.82) is 0 Å². The zero-order valence-electron chi connectivity index (χ0n) is 7.76. The Kier molecular flexibility index (Phi) is 2.84. The molecule has 1 aromatic rings. The molecule has 0 bridgehead atoms. The van der Waals surface area contributed by atoms with E-state index in [1.54, 1.807) is 7.05 Å². The molecule has 0 spiro atoms. The maximum atomic E-state index is 9.52. The number of benzene rings is 1. The molecule has 0 aliphatic rings. The summed E-state index contributed by atoms with van der Waals surface area (Å²) in [5, 5.41) is 12.3. The molecule has 0 amide bonds. The van der Waals surface area contributed by atoms with Crippen LogP contribution in [-0.4, -0.2) is 12.2 Å². The summed E-state index contributed by atoms with van der Waals surface area (Å²) in [7, 11) is 1.74. The summed E-state index contributed by atoms with van der Waals surface area (Å²) in [5.74, 6) is 0. The molecule has 0 saturated carbocycles. The molecule has 12 heavy (non-hydrogen) atoms. The van der Waals surface area contributed by atoms with Crippen molar-refractivity contribution in [3.05, 3.63) is 34.9 Å². The van der Waals surface area contributed by atoms with Gasteiger partial charge in [-0.2, -0.15) is 0 Å². The standard InChI is InChI=1S/C10H15NO/c1-7-4-5-8(2)9(6-7)10(12)11-3/h4-6,10-12H,1-3H3. The Morgan fingerprint density at radius 1 is 1.33 bits per heavy atom. The first kappa shape index (κ1) is 9.23. The van der Waals surface area contributed by atoms with Crippen molar-refractivity contribution >= 4 is 0 Å². The van der Waals surface area contributed by atoms with Gasteiger partial charge in [-0.1, -0.05) is 23.8 Å². The van der Waals surface area contributed by atoms with Gasteiger partial charge in [0.25, 0.3) is 0 Å². The molecular weight excluding hydrogens is 150 g/mol. The van der Waals surface area contributed by atoms with E-state index in [9.17, 15) is 5.11 Å². The largest absolute Gasteiger partial charge is 0.374 e. The summed E-state index contributed by atoms with van der Waals surface area (Å²) in [6.07, 6.45) is -0.551. The molecule has 2 nitrogen and oxygen atoms in total. The second-order valence-electron chi connectivity index (χ2n) is 3.05. The lowest BCUT2D eigenvalue weighted by Crippen LogP contribution is -2.16. The van der Waals surface area contributed by atoms with Gasteiger partial charge in [0.15, 0.2) is 0 Å². The Morgan fingerprint density at radius 2 is 2.00 bits per heavy atom. The number of aliphatic hydroxyl groups excluding tert-OH is 1. The van der Waals surface area contributed by atoms with E-state index in [2.05, 4.69) is 5.32 Å². The lowest BCUT2D eigenvalue weighted by atomic mass is 10.0. The van der Waals surface area contributed by atoms with Crippen LogP contribution in [0.5, 0.6) is 0 Å². The first-order valence-corrected chi connectivity index (χ1v) is 4.07. The van der Waals surface area contributed by atoms with E-state index < -0.39 is 6.23 Å². The number of hydrogen-bond donors (Lipinski definition) is 2. The normalized spacial score (nSPS) is 13.0. The van der Waals surface area contributed by atoms with Crippen molar-refractivity contribution in [2.75, 3.05) is 7.05 Å². The minimum absolute atomic E-state index is 0.551. The number of aryl methyl sites for hydroxylation is 2. The van der Waals surface area contributed by atoms with E-state index >= 15 is 0 Å². The first-order chi connectivity index (χ1) is 5.65. The van der Waals surface area contributed by atoms with E-state index in [1.807, 2.05) is 32.0 Å². The topological polar surface area (TPSA) is 32.3 Å². The third kappa shape index (κ3) is 1.84. The molecular formula is C10H15NO. The molecule has 2 N–H and O–H groups in total. The minimum Gasteiger partial charge on any atom is -0.374 e. The average molecular weight is 165 g/mol. The Labute approximate surface area is 73.2 Å². The van der Waals surface area contributed by atoms with Crippen molar-refractivity contribution in [2.24, 2.45) is 0 Å². The van der Waals surface area contributed by atoms with Crippen LogP contribution in [0.4, 0.5) is 0 Å². The molecule has 0 aromatic heterocycles. The van der Waals surface area contributed by atoms with Crippen molar-refractivity contribution in [1.82, 2.24) is 5.32 Å². The minimum atomic E-state index is -0.551. The van der Waals surface area contributed by atoms with Crippen molar-refractivity contribution in [3.63, 3.8) is 0 Å². The third-order valence-corrected chi connectivity index (χ3v) is 2.00. The molecule has 1 rings (SSSR count). The van der Waals surface area contributed by atoms with E-state index in [0.717, 1.165) is 11.1 Å². The predicted molar refractivity (Wildman–Crippen MR) is 49.9 cm³/mol. The molecule has 0 saturated heterocycles. The van der Waals surface area contributed by atoms with Crippen LogP contribution >= 0.6 is 0 Å². The fourth-order valence-electron chi connectivity index (χ4n) is 1.21. The fourth-order valence-corrected chi connectivity index (χ4v) is 1.21. The van der Waals surface area contributed by atoms with Crippen molar-refractivity contribution in [3.8, 4) is 0 Å². The second-order valence-corrected chi connectivity index (χ2v) is 3.05. The van der Waals surface area contributed by atoms with Crippen LogP contribution in [0.1, 0.15) is 22.9 Å². The monoisotopic (exact) mass is 165 g/mol. The fraction of sp³-hybridized carbons (Fsp3) is 0.400. The van der Waals surface area contributed by atoms with Gasteiger partial charge in [0, 0.05) is 0 Å². The summed E-state index contributed by atoms with van der Waals surface area (Å²) in [5.41, 5.74) is 3.24. The van der Waals surface area contributed by atoms with Gasteiger partial charge in [0.1, 0.15) is 6.23 Å². The number of nitrogens with one attached hydrogen (secondary N) is 1. The van der Waals surface area contributed by atoms with E-state index in [1.165, 1.54) is 5.56 Å². The van der Waals surface area contributed by atoms with Crippen LogP contribution in [0.25, 0.3) is 0 Å². The van der Waals surface area contributed by atoms with Crippen molar-refractivity contribution < 1.29 is 5.11 Å². The van der Waals surface area contributed by atoms with Crippen LogP contribution in [0.3, 0.4) is 0 Å². The van der Waals surface area contributed by atoms with Gasteiger partial charge in [-0.15, -0.1) is 0 Å². The highest BCUT2D eigenvalue weighted by Crippen LogP contribution is 2.16. The molecule has 0 aliphatic heterocycles. The van der Waals surface area contributed by atoms with E-state index in [0.29, 0.717) is 0 Å². The second kappa shape index (κ2) is 3.70. The maximum Gasteiger partial charge on any atom is 0.131 e. The van der Waals surface area contributed by atoms with Crippen LogP contribution < -0.4 is 5.32 Å². The summed E-state index contributed by atoms with van der Waals surface area (Å²) in [6, 6.07) is 6.06. The van der Waals surface area contributed by atoms with Crippen LogP contribution in [0.15, 0.2) is 18.2 Å². The van der Waals surface area contributed by atoms with Crippen molar-refractivity contribution in [2.45, 2.75) is 20.1 Å². The smallest absolute Gasteiger partial charge is 0.131 e. The average Bonchev–Trinajstić information content (AvgIpc) is 2.08. The number of hydrogen-bond acceptors (Lipinski definition) is 2. The van der Waals surface area contributed by atoms with Crippen LogP contribution in [0.2, 0.25) is 0 Å². The highest BCUT2D eigenvalue weighted by molar-refractivity contribution is 5.31. The van der Waals surface area contributed by atoms with Gasteiger partial charge in [0.2, 0.25) is 0 Å². The van der Waals surface area contributed by atoms with Gasteiger partial charge in [0.05, 0.1) is 0 Å². The Balaban J connectivity index is 3.04. The molecule has 2 heteroatoms. The molecule has 1 aromatic carbocycles. The zero-order chi connectivity index (χ0) is 9.14. The Morgan fingerprint density at radius 3 is 2.58 bits per heavy atom. The van der Waals surface area contributed by atoms with Gasteiger partial charge < -0.3 is 5.11 Å². The summed E-state index contributed by atoms with van der Waals surface area (Å²) in [6.45, 7) is 4.01. The Hall–Kier alpha value is -0.860. The SMILES string of the molecule is CNC(O)c1cc(C)ccc1C. The van der Waals surface area contributed by atoms with Gasteiger partial charge in [-0.25, -0.2) is 0 Å². The zero-order valence-corrected chi connectivity index (χ0v) is 7.76. The third-order valence-electron chi connectivity index (χ3n) is 2.00. The predicted octanol–water partition coefficient (Wildman–Crippen LogP) is 1.51. The molecule has 0 heterocycles. The molecule has 1 unspecified atom stereocenters. The quantitative estimate of drug-likeness (QED) is 0.651. The molecule has 0 radical (unpaired) electrons. The molecule has 66 valence electrons. The van der Waals surface area contributed by atoms with Crippen LogP contribution in [-0.2, 0) is 0 Å². The first-order valence-electron chi connectivity index (χ1n) is 4.07. The highest BCUT2D eigenvalue weighted by atomic mass is 16.3. The number of rotatable bonds is 2. The summed E-state index contributed by atoms with van der Waals surface area (Å²) in [4.78, 5) is 0.